The van der Waals surface area contributed by atoms with Gasteiger partial charge in [-0.2, -0.15) is 0 Å². The lowest BCUT2D eigenvalue weighted by Gasteiger charge is -2.26. The number of rotatable bonds is 5. The van der Waals surface area contributed by atoms with Crippen LogP contribution in [0.4, 0.5) is 0 Å². The zero-order valence-electron chi connectivity index (χ0n) is 15.1. The summed E-state index contributed by atoms with van der Waals surface area (Å²) in [4.78, 5) is 19.0. The van der Waals surface area contributed by atoms with Crippen LogP contribution in [0, 0.1) is 11.8 Å². The molecule has 0 aromatic rings. The van der Waals surface area contributed by atoms with E-state index in [2.05, 4.69) is 34.4 Å². The monoisotopic (exact) mass is 322 g/mol. The molecule has 1 aliphatic carbocycles. The van der Waals surface area contributed by atoms with Gasteiger partial charge in [-0.15, -0.1) is 0 Å². The summed E-state index contributed by atoms with van der Waals surface area (Å²) in [6, 6.07) is 0.327. The standard InChI is InChI=1S/C18H34N4O/c1-14(2)9-11-20-18(19-3)21-16-10-12-22(13-16)17(23)15-7-5-4-6-8-15/h14-16H,4-13H2,1-3H3,(H2,19,20,21). The molecule has 1 atom stereocenters. The van der Waals surface area contributed by atoms with E-state index < -0.39 is 0 Å². The minimum atomic E-state index is 0.283. The molecule has 2 fully saturated rings. The Bertz CT molecular complexity index is 402. The van der Waals surface area contributed by atoms with E-state index in [1.54, 1.807) is 0 Å². The molecule has 23 heavy (non-hydrogen) atoms. The van der Waals surface area contributed by atoms with Crippen LogP contribution in [0.1, 0.15) is 58.8 Å². The summed E-state index contributed by atoms with van der Waals surface area (Å²) in [5, 5.41) is 6.84. The summed E-state index contributed by atoms with van der Waals surface area (Å²) in [5.74, 6) is 2.22. The van der Waals surface area contributed by atoms with Crippen molar-refractivity contribution in [2.45, 2.75) is 64.8 Å². The smallest absolute Gasteiger partial charge is 0.225 e. The predicted molar refractivity (Wildman–Crippen MR) is 95.5 cm³/mol. The van der Waals surface area contributed by atoms with Crippen molar-refractivity contribution in [1.29, 1.82) is 0 Å². The zero-order chi connectivity index (χ0) is 16.7. The molecular formula is C18H34N4O. The Morgan fingerprint density at radius 1 is 1.22 bits per heavy atom. The van der Waals surface area contributed by atoms with Crippen LogP contribution in [0.25, 0.3) is 0 Å². The van der Waals surface area contributed by atoms with E-state index in [1.165, 1.54) is 19.3 Å². The third kappa shape index (κ3) is 5.70. The van der Waals surface area contributed by atoms with Crippen LogP contribution >= 0.6 is 0 Å². The second kappa shape index (κ2) is 9.14. The van der Waals surface area contributed by atoms with Crippen molar-refractivity contribution in [2.75, 3.05) is 26.7 Å². The van der Waals surface area contributed by atoms with E-state index in [4.69, 9.17) is 0 Å². The van der Waals surface area contributed by atoms with Crippen LogP contribution in [-0.4, -0.2) is 49.5 Å². The molecule has 2 N–H and O–H groups in total. The zero-order valence-corrected chi connectivity index (χ0v) is 15.1. The fourth-order valence-electron chi connectivity index (χ4n) is 3.55. The van der Waals surface area contributed by atoms with Gasteiger partial charge >= 0.3 is 0 Å². The lowest BCUT2D eigenvalue weighted by molar-refractivity contribution is -0.135. The molecule has 0 bridgehead atoms. The first kappa shape index (κ1) is 18.1. The molecule has 0 radical (unpaired) electrons. The molecule has 0 aromatic carbocycles. The second-order valence-electron chi connectivity index (χ2n) is 7.43. The average Bonchev–Trinajstić information content (AvgIpc) is 3.02. The van der Waals surface area contributed by atoms with E-state index in [9.17, 15) is 4.79 Å². The predicted octanol–water partition coefficient (Wildman–Crippen LogP) is 2.38. The molecule has 1 unspecified atom stereocenters. The van der Waals surface area contributed by atoms with Gasteiger partial charge in [-0.3, -0.25) is 9.79 Å². The Kier molecular flexibility index (Phi) is 7.18. The highest BCUT2D eigenvalue weighted by molar-refractivity contribution is 5.81. The Labute approximate surface area is 141 Å². The number of carbonyl (C=O) groups excluding carboxylic acids is 1. The average molecular weight is 322 g/mol. The van der Waals surface area contributed by atoms with Crippen molar-refractivity contribution in [3.8, 4) is 0 Å². The minimum absolute atomic E-state index is 0.283. The van der Waals surface area contributed by atoms with Gasteiger partial charge in [-0.05, 0) is 31.6 Å². The van der Waals surface area contributed by atoms with E-state index in [1.807, 2.05) is 7.05 Å². The number of likely N-dealkylation sites (tertiary alicyclic amines) is 1. The van der Waals surface area contributed by atoms with Crippen molar-refractivity contribution in [1.82, 2.24) is 15.5 Å². The lowest BCUT2D eigenvalue weighted by Crippen LogP contribution is -2.45. The van der Waals surface area contributed by atoms with Crippen molar-refractivity contribution in [3.05, 3.63) is 0 Å². The van der Waals surface area contributed by atoms with Gasteiger partial charge in [0.1, 0.15) is 0 Å². The summed E-state index contributed by atoms with van der Waals surface area (Å²) in [6.07, 6.45) is 8.07. The van der Waals surface area contributed by atoms with Gasteiger partial charge in [-0.25, -0.2) is 0 Å². The third-order valence-corrected chi connectivity index (χ3v) is 5.03. The number of guanidine groups is 1. The Morgan fingerprint density at radius 3 is 2.61 bits per heavy atom. The molecule has 1 amide bonds. The molecule has 5 heteroatoms. The van der Waals surface area contributed by atoms with Crippen LogP contribution in [0.3, 0.4) is 0 Å². The van der Waals surface area contributed by atoms with Crippen LogP contribution in [0.2, 0.25) is 0 Å². The minimum Gasteiger partial charge on any atom is -0.356 e. The Morgan fingerprint density at radius 2 is 1.96 bits per heavy atom. The molecule has 0 aromatic heterocycles. The first-order chi connectivity index (χ1) is 11.1. The number of aliphatic imine (C=N–C) groups is 1. The normalized spacial score (nSPS) is 23.4. The summed E-state index contributed by atoms with van der Waals surface area (Å²) < 4.78 is 0. The van der Waals surface area contributed by atoms with Gasteiger partial charge in [0, 0.05) is 38.6 Å². The van der Waals surface area contributed by atoms with E-state index in [0.29, 0.717) is 17.9 Å². The molecule has 1 aliphatic heterocycles. The number of carbonyl (C=O) groups is 1. The summed E-state index contributed by atoms with van der Waals surface area (Å²) >= 11 is 0. The van der Waals surface area contributed by atoms with E-state index >= 15 is 0 Å². The maximum Gasteiger partial charge on any atom is 0.225 e. The summed E-state index contributed by atoms with van der Waals surface area (Å²) in [7, 11) is 1.81. The quantitative estimate of drug-likeness (QED) is 0.603. The summed E-state index contributed by atoms with van der Waals surface area (Å²) in [6.45, 7) is 7.10. The number of amides is 1. The maximum atomic E-state index is 12.6. The Balaban J connectivity index is 1.74. The first-order valence-corrected chi connectivity index (χ1v) is 9.36. The number of nitrogens with zero attached hydrogens (tertiary/aromatic N) is 2. The fraction of sp³-hybridized carbons (Fsp3) is 0.889. The summed E-state index contributed by atoms with van der Waals surface area (Å²) in [5.41, 5.74) is 0. The molecule has 1 saturated carbocycles. The van der Waals surface area contributed by atoms with Crippen LogP contribution in [0.5, 0.6) is 0 Å². The molecule has 1 heterocycles. The van der Waals surface area contributed by atoms with Gasteiger partial charge in [-0.1, -0.05) is 33.1 Å². The maximum absolute atomic E-state index is 12.6. The molecule has 2 aliphatic rings. The van der Waals surface area contributed by atoms with Crippen LogP contribution in [-0.2, 0) is 4.79 Å². The molecule has 1 saturated heterocycles. The largest absolute Gasteiger partial charge is 0.356 e. The van der Waals surface area contributed by atoms with Gasteiger partial charge < -0.3 is 15.5 Å². The third-order valence-electron chi connectivity index (χ3n) is 5.03. The highest BCUT2D eigenvalue weighted by Crippen LogP contribution is 2.26. The Hall–Kier alpha value is -1.26. The lowest BCUT2D eigenvalue weighted by atomic mass is 9.88. The molecule has 0 spiro atoms. The van der Waals surface area contributed by atoms with Crippen molar-refractivity contribution < 1.29 is 4.79 Å². The molecular weight excluding hydrogens is 288 g/mol. The SMILES string of the molecule is CN=C(NCCC(C)C)NC1CCN(C(=O)C2CCCCC2)C1. The van der Waals surface area contributed by atoms with Crippen molar-refractivity contribution in [3.63, 3.8) is 0 Å². The van der Waals surface area contributed by atoms with E-state index in [0.717, 1.165) is 51.3 Å². The van der Waals surface area contributed by atoms with Crippen LogP contribution < -0.4 is 10.6 Å². The number of hydrogen-bond donors (Lipinski definition) is 2. The van der Waals surface area contributed by atoms with Gasteiger partial charge in [0.2, 0.25) is 5.91 Å². The first-order valence-electron chi connectivity index (χ1n) is 9.36. The highest BCUT2D eigenvalue weighted by atomic mass is 16.2. The topological polar surface area (TPSA) is 56.7 Å². The van der Waals surface area contributed by atoms with Crippen molar-refractivity contribution >= 4 is 11.9 Å². The molecule has 5 nitrogen and oxygen atoms in total. The van der Waals surface area contributed by atoms with Gasteiger partial charge in [0.05, 0.1) is 0 Å². The number of nitrogens with one attached hydrogen (secondary N) is 2. The van der Waals surface area contributed by atoms with Crippen molar-refractivity contribution in [2.24, 2.45) is 16.8 Å². The highest BCUT2D eigenvalue weighted by Gasteiger charge is 2.31. The second-order valence-corrected chi connectivity index (χ2v) is 7.43. The van der Waals surface area contributed by atoms with E-state index in [-0.39, 0.29) is 5.92 Å². The van der Waals surface area contributed by atoms with Gasteiger partial charge in [0.15, 0.2) is 5.96 Å². The number of hydrogen-bond acceptors (Lipinski definition) is 2. The molecule has 132 valence electrons. The van der Waals surface area contributed by atoms with Crippen LogP contribution in [0.15, 0.2) is 4.99 Å². The molecule has 2 rings (SSSR count). The van der Waals surface area contributed by atoms with Gasteiger partial charge in [0.25, 0.3) is 0 Å². The fourth-order valence-corrected chi connectivity index (χ4v) is 3.55.